The van der Waals surface area contributed by atoms with Crippen LogP contribution in [0.15, 0.2) is 10.8 Å². The topological polar surface area (TPSA) is 140 Å². The summed E-state index contributed by atoms with van der Waals surface area (Å²) >= 11 is 2.64. The van der Waals surface area contributed by atoms with Crippen LogP contribution in [0.5, 0.6) is 0 Å². The molecule has 3 atom stereocenters. The molecule has 1 aliphatic rings. The molecular formula is C29H43N5O6S2. The molecule has 232 valence electrons. The molecule has 42 heavy (non-hydrogen) atoms. The number of aromatic nitrogens is 2. The highest BCUT2D eigenvalue weighted by molar-refractivity contribution is 7.10. The van der Waals surface area contributed by atoms with E-state index in [1.807, 2.05) is 27.7 Å². The van der Waals surface area contributed by atoms with Crippen LogP contribution in [-0.2, 0) is 14.3 Å². The second-order valence-electron chi connectivity index (χ2n) is 12.1. The molecule has 3 heterocycles. The zero-order chi connectivity index (χ0) is 31.2. The normalized spacial score (nSPS) is 16.8. The van der Waals surface area contributed by atoms with Crippen LogP contribution >= 0.6 is 22.7 Å². The highest BCUT2D eigenvalue weighted by Gasteiger charge is 2.38. The number of nitrogens with one attached hydrogen (secondary N) is 2. The van der Waals surface area contributed by atoms with Gasteiger partial charge >= 0.3 is 12.1 Å². The predicted molar refractivity (Wildman–Crippen MR) is 162 cm³/mol. The average Bonchev–Trinajstić information content (AvgIpc) is 3.65. The van der Waals surface area contributed by atoms with Crippen LogP contribution in [0.2, 0.25) is 0 Å². The lowest BCUT2D eigenvalue weighted by molar-refractivity contribution is -0.135. The maximum absolute atomic E-state index is 13.6. The summed E-state index contributed by atoms with van der Waals surface area (Å²) in [5.41, 5.74) is -0.195. The number of thiazole rings is 2. The number of hydrogen-bond acceptors (Lipinski definition) is 10. The molecule has 11 nitrogen and oxygen atoms in total. The van der Waals surface area contributed by atoms with E-state index in [1.54, 1.807) is 43.4 Å². The van der Waals surface area contributed by atoms with E-state index in [0.29, 0.717) is 29.4 Å². The summed E-state index contributed by atoms with van der Waals surface area (Å²) in [6.45, 7) is 15.7. The molecule has 2 aromatic rings. The van der Waals surface area contributed by atoms with Crippen molar-refractivity contribution in [2.75, 3.05) is 13.2 Å². The number of carbonyl (C=O) groups is 4. The Bertz CT molecular complexity index is 1250. The van der Waals surface area contributed by atoms with Crippen molar-refractivity contribution in [1.82, 2.24) is 25.5 Å². The summed E-state index contributed by atoms with van der Waals surface area (Å²) in [6, 6.07) is -1.44. The Morgan fingerprint density at radius 3 is 2.36 bits per heavy atom. The first-order valence-corrected chi connectivity index (χ1v) is 16.1. The first kappa shape index (κ1) is 33.4. The number of ether oxygens (including phenoxy) is 2. The molecule has 2 N–H and O–H groups in total. The van der Waals surface area contributed by atoms with Crippen molar-refractivity contribution >= 4 is 46.6 Å². The Kier molecular flexibility index (Phi) is 11.5. The zero-order valence-corrected chi connectivity index (χ0v) is 27.3. The summed E-state index contributed by atoms with van der Waals surface area (Å²) < 4.78 is 10.4. The van der Waals surface area contributed by atoms with Crippen molar-refractivity contribution < 1.29 is 28.7 Å². The summed E-state index contributed by atoms with van der Waals surface area (Å²) in [5, 5.41) is 10.4. The fourth-order valence-corrected chi connectivity index (χ4v) is 6.43. The molecule has 0 spiro atoms. The second kappa shape index (κ2) is 14.4. The molecule has 3 rings (SSSR count). The van der Waals surface area contributed by atoms with Crippen LogP contribution in [0.1, 0.15) is 118 Å². The summed E-state index contributed by atoms with van der Waals surface area (Å²) in [6.07, 6.45) is 1.50. The lowest BCUT2D eigenvalue weighted by Gasteiger charge is -2.31. The molecule has 0 radical (unpaired) electrons. The van der Waals surface area contributed by atoms with Gasteiger partial charge in [-0.1, -0.05) is 27.7 Å². The largest absolute Gasteiger partial charge is 0.461 e. The number of amides is 3. The smallest absolute Gasteiger partial charge is 0.408 e. The Morgan fingerprint density at radius 1 is 1.05 bits per heavy atom. The quantitative estimate of drug-likeness (QED) is 0.313. The number of hydrogen-bond donors (Lipinski definition) is 2. The van der Waals surface area contributed by atoms with E-state index in [-0.39, 0.29) is 47.7 Å². The monoisotopic (exact) mass is 621 g/mol. The Hall–Kier alpha value is -3.06. The van der Waals surface area contributed by atoms with Gasteiger partial charge in [-0.15, -0.1) is 22.7 Å². The van der Waals surface area contributed by atoms with E-state index in [1.165, 1.54) is 22.7 Å². The number of rotatable bonds is 11. The Morgan fingerprint density at radius 2 is 1.74 bits per heavy atom. The lowest BCUT2D eigenvalue weighted by Crippen LogP contribution is -2.52. The van der Waals surface area contributed by atoms with Crippen LogP contribution in [0, 0.1) is 11.8 Å². The van der Waals surface area contributed by atoms with Gasteiger partial charge in [0.15, 0.2) is 5.69 Å². The molecule has 3 amide bonds. The molecule has 0 bridgehead atoms. The van der Waals surface area contributed by atoms with Crippen molar-refractivity contribution in [2.45, 2.75) is 98.4 Å². The van der Waals surface area contributed by atoms with E-state index in [4.69, 9.17) is 9.47 Å². The SMILES string of the molecule is CCOC(=O)c1csc([C@@H](CC(C)C)NC(=O)c2csc([C@@H]3CCCN3C(=O)[C@@H](NC(=O)OC(C)(C)C)C(C)C)n2)n1. The number of carbonyl (C=O) groups excluding carboxylic acids is 4. The van der Waals surface area contributed by atoms with Gasteiger partial charge in [-0.05, 0) is 58.8 Å². The molecule has 0 saturated carbocycles. The minimum atomic E-state index is -0.752. The minimum absolute atomic E-state index is 0.156. The molecule has 1 aliphatic heterocycles. The van der Waals surface area contributed by atoms with Gasteiger partial charge in [0.2, 0.25) is 5.91 Å². The van der Waals surface area contributed by atoms with E-state index < -0.39 is 29.7 Å². The molecular weight excluding hydrogens is 578 g/mol. The standard InChI is InChI=1S/C29H43N5O6S2/c1-9-39-27(37)20-15-41-24(32-20)18(13-16(2)3)30-23(35)19-14-42-25(31-19)21-11-10-12-34(21)26(36)22(17(4)5)33-28(38)40-29(6,7)8/h14-18,21-22H,9-13H2,1-8H3,(H,30,35)(H,33,38)/t18-,21+,22+/m1/s1. The van der Waals surface area contributed by atoms with Gasteiger partial charge in [-0.2, -0.15) is 0 Å². The van der Waals surface area contributed by atoms with Gasteiger partial charge in [0, 0.05) is 17.3 Å². The fourth-order valence-electron chi connectivity index (χ4n) is 4.63. The van der Waals surface area contributed by atoms with Crippen LogP contribution in [0.3, 0.4) is 0 Å². The summed E-state index contributed by atoms with van der Waals surface area (Å²) in [7, 11) is 0. The average molecular weight is 622 g/mol. The highest BCUT2D eigenvalue weighted by Crippen LogP contribution is 2.35. The zero-order valence-electron chi connectivity index (χ0n) is 25.7. The van der Waals surface area contributed by atoms with Crippen molar-refractivity contribution in [3.8, 4) is 0 Å². The Balaban J connectivity index is 1.74. The van der Waals surface area contributed by atoms with Gasteiger partial charge < -0.3 is 25.0 Å². The molecule has 2 aromatic heterocycles. The van der Waals surface area contributed by atoms with E-state index in [9.17, 15) is 19.2 Å². The third kappa shape index (κ3) is 8.97. The van der Waals surface area contributed by atoms with Crippen molar-refractivity contribution in [2.24, 2.45) is 11.8 Å². The van der Waals surface area contributed by atoms with Crippen molar-refractivity contribution in [1.29, 1.82) is 0 Å². The number of likely N-dealkylation sites (tertiary alicyclic amines) is 1. The van der Waals surface area contributed by atoms with Gasteiger partial charge in [-0.25, -0.2) is 19.6 Å². The maximum atomic E-state index is 13.6. The number of alkyl carbamates (subject to hydrolysis) is 1. The first-order valence-electron chi connectivity index (χ1n) is 14.4. The molecule has 0 unspecified atom stereocenters. The van der Waals surface area contributed by atoms with Crippen LogP contribution in [0.25, 0.3) is 0 Å². The Labute approximate surface area is 255 Å². The molecule has 1 fully saturated rings. The summed E-state index contributed by atoms with van der Waals surface area (Å²) in [5.74, 6) is -0.929. The molecule has 13 heteroatoms. The van der Waals surface area contributed by atoms with E-state index in [2.05, 4.69) is 20.6 Å². The molecule has 0 aliphatic carbocycles. The molecule has 1 saturated heterocycles. The summed E-state index contributed by atoms with van der Waals surface area (Å²) in [4.78, 5) is 62.3. The van der Waals surface area contributed by atoms with Gasteiger partial charge in [-0.3, -0.25) is 9.59 Å². The van der Waals surface area contributed by atoms with Gasteiger partial charge in [0.1, 0.15) is 27.4 Å². The minimum Gasteiger partial charge on any atom is -0.461 e. The predicted octanol–water partition coefficient (Wildman–Crippen LogP) is 5.51. The highest BCUT2D eigenvalue weighted by atomic mass is 32.1. The van der Waals surface area contributed by atoms with E-state index in [0.717, 1.165) is 6.42 Å². The molecule has 0 aromatic carbocycles. The van der Waals surface area contributed by atoms with Crippen LogP contribution in [0.4, 0.5) is 4.79 Å². The van der Waals surface area contributed by atoms with Crippen LogP contribution in [-0.4, -0.2) is 63.5 Å². The number of nitrogens with zero attached hydrogens (tertiary/aromatic N) is 3. The van der Waals surface area contributed by atoms with Crippen molar-refractivity contribution in [3.05, 3.63) is 32.2 Å². The second-order valence-corrected chi connectivity index (χ2v) is 13.9. The lowest BCUT2D eigenvalue weighted by atomic mass is 10.0. The fraction of sp³-hybridized carbons (Fsp3) is 0.655. The third-order valence-electron chi connectivity index (χ3n) is 6.50. The third-order valence-corrected chi connectivity index (χ3v) is 8.40. The van der Waals surface area contributed by atoms with Crippen LogP contribution < -0.4 is 10.6 Å². The first-order chi connectivity index (χ1) is 19.7. The van der Waals surface area contributed by atoms with Gasteiger partial charge in [0.05, 0.1) is 18.7 Å². The van der Waals surface area contributed by atoms with E-state index >= 15 is 0 Å². The van der Waals surface area contributed by atoms with Gasteiger partial charge in [0.25, 0.3) is 5.91 Å². The maximum Gasteiger partial charge on any atom is 0.408 e. The van der Waals surface area contributed by atoms with Crippen molar-refractivity contribution in [3.63, 3.8) is 0 Å². The number of esters is 1.